The van der Waals surface area contributed by atoms with Gasteiger partial charge >= 0.3 is 6.03 Å². The summed E-state index contributed by atoms with van der Waals surface area (Å²) in [5.74, 6) is 0.458. The van der Waals surface area contributed by atoms with Crippen molar-refractivity contribution < 1.29 is 30.0 Å². The molecular formula is C17H30N4O6. The van der Waals surface area contributed by atoms with Gasteiger partial charge in [0.1, 0.15) is 24.4 Å². The number of carbonyl (C=O) groups excluding carboxylic acids is 2. The number of aliphatic hydroxyl groups is 4. The summed E-state index contributed by atoms with van der Waals surface area (Å²) in [6, 6.07) is -1.31. The molecule has 0 aromatic carbocycles. The van der Waals surface area contributed by atoms with Crippen molar-refractivity contribution in [3.8, 4) is 0 Å². The molecule has 7 N–H and O–H groups in total. The molecule has 3 aliphatic rings. The molecule has 1 aliphatic carbocycles. The van der Waals surface area contributed by atoms with Gasteiger partial charge in [0.2, 0.25) is 5.91 Å². The van der Waals surface area contributed by atoms with E-state index in [-0.39, 0.29) is 18.6 Å². The van der Waals surface area contributed by atoms with Crippen LogP contribution in [0.3, 0.4) is 0 Å². The maximum Gasteiger partial charge on any atom is 0.322 e. The van der Waals surface area contributed by atoms with Crippen LogP contribution >= 0.6 is 0 Å². The lowest BCUT2D eigenvalue weighted by Crippen LogP contribution is -2.79. The number of hydrogen-bond acceptors (Lipinski definition) is 8. The number of piperazine rings is 1. The Kier molecular flexibility index (Phi) is 6.04. The van der Waals surface area contributed by atoms with Crippen LogP contribution < -0.4 is 16.0 Å². The van der Waals surface area contributed by atoms with Gasteiger partial charge in [-0.05, 0) is 24.7 Å². The summed E-state index contributed by atoms with van der Waals surface area (Å²) >= 11 is 0. The van der Waals surface area contributed by atoms with E-state index in [4.69, 9.17) is 5.11 Å². The Bertz CT molecular complexity index is 578. The molecule has 0 bridgehead atoms. The number of nitrogens with zero attached hydrogens (tertiary/aromatic N) is 1. The Balaban J connectivity index is 1.85. The second kappa shape index (κ2) is 7.98. The molecule has 27 heavy (non-hydrogen) atoms. The van der Waals surface area contributed by atoms with Gasteiger partial charge in [0.15, 0.2) is 0 Å². The molecule has 9 atom stereocenters. The zero-order valence-electron chi connectivity index (χ0n) is 15.6. The molecule has 1 saturated carbocycles. The molecule has 10 heteroatoms. The third kappa shape index (κ3) is 3.96. The molecule has 2 saturated heterocycles. The maximum atomic E-state index is 12.3. The van der Waals surface area contributed by atoms with Crippen LogP contribution in [0.25, 0.3) is 0 Å². The molecular weight excluding hydrogens is 356 g/mol. The molecule has 10 nitrogen and oxygen atoms in total. The Morgan fingerprint density at radius 1 is 1.11 bits per heavy atom. The van der Waals surface area contributed by atoms with Gasteiger partial charge in [-0.2, -0.15) is 0 Å². The van der Waals surface area contributed by atoms with Gasteiger partial charge < -0.3 is 25.7 Å². The van der Waals surface area contributed by atoms with E-state index in [1.807, 2.05) is 4.90 Å². The first-order valence-corrected chi connectivity index (χ1v) is 9.51. The van der Waals surface area contributed by atoms with Crippen LogP contribution in [0.5, 0.6) is 0 Å². The van der Waals surface area contributed by atoms with Crippen LogP contribution in [0.15, 0.2) is 0 Å². The van der Waals surface area contributed by atoms with Gasteiger partial charge in [-0.15, -0.1) is 0 Å². The Morgan fingerprint density at radius 3 is 2.44 bits per heavy atom. The summed E-state index contributed by atoms with van der Waals surface area (Å²) in [7, 11) is 0. The molecule has 3 amide bonds. The summed E-state index contributed by atoms with van der Waals surface area (Å²) < 4.78 is 0. The van der Waals surface area contributed by atoms with Crippen LogP contribution in [0.4, 0.5) is 4.79 Å². The molecule has 0 radical (unpaired) electrons. The van der Waals surface area contributed by atoms with Gasteiger partial charge in [-0.25, -0.2) is 4.79 Å². The number of β-amino-alcohol motifs (C(OH)–C–C–N with tert-alkyl or cyclic N) is 1. The van der Waals surface area contributed by atoms with Gasteiger partial charge in [0, 0.05) is 18.6 Å². The first kappa shape index (κ1) is 20.4. The minimum absolute atomic E-state index is 0.00492. The van der Waals surface area contributed by atoms with E-state index in [1.54, 1.807) is 0 Å². The van der Waals surface area contributed by atoms with Crippen molar-refractivity contribution in [3.05, 3.63) is 0 Å². The van der Waals surface area contributed by atoms with Gasteiger partial charge in [-0.3, -0.25) is 20.3 Å². The molecule has 3 fully saturated rings. The predicted octanol–water partition coefficient (Wildman–Crippen LogP) is -2.70. The number of nitrogens with one attached hydrogen (secondary N) is 3. The highest BCUT2D eigenvalue weighted by molar-refractivity contribution is 6.00. The Morgan fingerprint density at radius 2 is 1.78 bits per heavy atom. The van der Waals surface area contributed by atoms with Crippen molar-refractivity contribution in [1.29, 1.82) is 0 Å². The fourth-order valence-corrected chi connectivity index (χ4v) is 4.52. The first-order valence-electron chi connectivity index (χ1n) is 9.51. The highest BCUT2D eigenvalue weighted by atomic mass is 16.4. The maximum absolute atomic E-state index is 12.3. The lowest BCUT2D eigenvalue weighted by molar-refractivity contribution is -0.135. The quantitative estimate of drug-likeness (QED) is 0.269. The monoisotopic (exact) mass is 386 g/mol. The Labute approximate surface area is 157 Å². The minimum atomic E-state index is -1.53. The molecule has 154 valence electrons. The number of amides is 3. The zero-order valence-corrected chi connectivity index (χ0v) is 15.6. The molecule has 3 rings (SSSR count). The number of urea groups is 1. The van der Waals surface area contributed by atoms with Crippen molar-refractivity contribution in [2.75, 3.05) is 13.2 Å². The number of imide groups is 1. The number of aliphatic hydroxyl groups excluding tert-OH is 4. The normalized spacial score (nSPS) is 40.2. The van der Waals surface area contributed by atoms with Gasteiger partial charge in [0.05, 0.1) is 12.7 Å². The molecule has 6 unspecified atom stereocenters. The van der Waals surface area contributed by atoms with Crippen LogP contribution in [0.2, 0.25) is 0 Å². The standard InChI is InChI=1S/C17H30N4O6/c1-7-3-9-10(4-8(7)2)21(5-11(23)14(25)12(24)6-22)15-13(18-9)16(26)20-17(27)19-15/h7-15,18,22-25H,3-6H2,1-2H3,(H2,19,20,26,27)/t7?,8?,9?,10?,11-,12-,13?,14-,15?/m0/s1. The Hall–Kier alpha value is -1.30. The van der Waals surface area contributed by atoms with E-state index in [2.05, 4.69) is 29.8 Å². The highest BCUT2D eigenvalue weighted by Gasteiger charge is 2.51. The third-order valence-electron chi connectivity index (χ3n) is 6.34. The highest BCUT2D eigenvalue weighted by Crippen LogP contribution is 2.36. The summed E-state index contributed by atoms with van der Waals surface area (Å²) in [6.07, 6.45) is -3.35. The van der Waals surface area contributed by atoms with E-state index in [1.165, 1.54) is 0 Å². The largest absolute Gasteiger partial charge is 0.394 e. The SMILES string of the molecule is CC1CC2NC3C(=O)NC(=O)NC3N(C[C@H](O)[C@H](O)[C@@H](O)CO)C2CC1C. The van der Waals surface area contributed by atoms with Crippen molar-refractivity contribution in [3.63, 3.8) is 0 Å². The summed E-state index contributed by atoms with van der Waals surface area (Å²) in [5.41, 5.74) is 0. The average Bonchev–Trinajstić information content (AvgIpc) is 2.62. The smallest absolute Gasteiger partial charge is 0.322 e. The van der Waals surface area contributed by atoms with E-state index in [0.717, 1.165) is 12.8 Å². The van der Waals surface area contributed by atoms with E-state index in [9.17, 15) is 24.9 Å². The van der Waals surface area contributed by atoms with E-state index < -0.39 is 49.1 Å². The third-order valence-corrected chi connectivity index (χ3v) is 6.34. The molecule has 0 aromatic rings. The zero-order chi connectivity index (χ0) is 19.9. The number of hydrogen-bond donors (Lipinski definition) is 7. The second-order valence-corrected chi connectivity index (χ2v) is 8.16. The topological polar surface area (TPSA) is 154 Å². The molecule has 0 spiro atoms. The van der Waals surface area contributed by atoms with Crippen LogP contribution in [0, 0.1) is 11.8 Å². The molecule has 2 heterocycles. The molecule has 0 aromatic heterocycles. The summed E-state index contributed by atoms with van der Waals surface area (Å²) in [5, 5.41) is 47.4. The minimum Gasteiger partial charge on any atom is -0.394 e. The van der Waals surface area contributed by atoms with Gasteiger partial charge in [-0.1, -0.05) is 13.8 Å². The number of carbonyl (C=O) groups is 2. The number of fused-ring (bicyclic) bond motifs is 2. The van der Waals surface area contributed by atoms with Crippen LogP contribution in [-0.4, -0.2) is 93.0 Å². The molecule has 2 aliphatic heterocycles. The lowest BCUT2D eigenvalue weighted by Gasteiger charge is -2.55. The van der Waals surface area contributed by atoms with Crippen molar-refractivity contribution in [2.45, 2.75) is 69.3 Å². The van der Waals surface area contributed by atoms with Crippen LogP contribution in [-0.2, 0) is 4.79 Å². The second-order valence-electron chi connectivity index (χ2n) is 8.16. The van der Waals surface area contributed by atoms with Gasteiger partial charge in [0.25, 0.3) is 0 Å². The summed E-state index contributed by atoms with van der Waals surface area (Å²) in [6.45, 7) is 3.60. The van der Waals surface area contributed by atoms with Crippen LogP contribution in [0.1, 0.15) is 26.7 Å². The number of rotatable bonds is 5. The summed E-state index contributed by atoms with van der Waals surface area (Å²) in [4.78, 5) is 26.0. The predicted molar refractivity (Wildman–Crippen MR) is 94.3 cm³/mol. The lowest BCUT2D eigenvalue weighted by atomic mass is 9.73. The van der Waals surface area contributed by atoms with Crippen molar-refractivity contribution >= 4 is 11.9 Å². The van der Waals surface area contributed by atoms with Crippen molar-refractivity contribution in [2.24, 2.45) is 11.8 Å². The van der Waals surface area contributed by atoms with E-state index >= 15 is 0 Å². The van der Waals surface area contributed by atoms with E-state index in [0.29, 0.717) is 11.8 Å². The van der Waals surface area contributed by atoms with Crippen molar-refractivity contribution in [1.82, 2.24) is 20.9 Å². The average molecular weight is 386 g/mol. The fraction of sp³-hybridized carbons (Fsp3) is 0.882. The first-order chi connectivity index (χ1) is 12.7. The fourth-order valence-electron chi connectivity index (χ4n) is 4.52.